The molecule has 0 aromatic heterocycles. The zero-order chi connectivity index (χ0) is 8.27. The van der Waals surface area contributed by atoms with E-state index in [0.29, 0.717) is 0 Å². The minimum Gasteiger partial charge on any atom is -0.348 e. The molecule has 1 fully saturated rings. The van der Waals surface area contributed by atoms with Crippen molar-refractivity contribution < 1.29 is 0 Å². The van der Waals surface area contributed by atoms with Gasteiger partial charge in [-0.05, 0) is 32.5 Å². The molecule has 0 saturated carbocycles. The number of rotatable bonds is 1. The van der Waals surface area contributed by atoms with Gasteiger partial charge in [-0.25, -0.2) is 0 Å². The van der Waals surface area contributed by atoms with Crippen molar-refractivity contribution in [2.24, 2.45) is 5.10 Å². The highest BCUT2D eigenvalue weighted by molar-refractivity contribution is 7.80. The Kier molecular flexibility index (Phi) is 2.82. The van der Waals surface area contributed by atoms with Crippen molar-refractivity contribution >= 4 is 23.0 Å². The molecule has 11 heavy (non-hydrogen) atoms. The van der Waals surface area contributed by atoms with Crippen molar-refractivity contribution in [3.63, 3.8) is 0 Å². The SMILES string of the molecule is CC(C)=NNC(=S)N1CCC1. The van der Waals surface area contributed by atoms with Gasteiger partial charge in [0.15, 0.2) is 5.11 Å². The van der Waals surface area contributed by atoms with Gasteiger partial charge in [0.2, 0.25) is 0 Å². The smallest absolute Gasteiger partial charge is 0.189 e. The maximum absolute atomic E-state index is 5.05. The molecule has 4 heteroatoms. The van der Waals surface area contributed by atoms with Gasteiger partial charge in [0, 0.05) is 18.8 Å². The summed E-state index contributed by atoms with van der Waals surface area (Å²) < 4.78 is 0. The van der Waals surface area contributed by atoms with Crippen molar-refractivity contribution in [1.29, 1.82) is 0 Å². The lowest BCUT2D eigenvalue weighted by molar-refractivity contribution is 0.296. The normalized spacial score (nSPS) is 15.3. The molecule has 0 aromatic carbocycles. The zero-order valence-electron chi connectivity index (χ0n) is 6.92. The van der Waals surface area contributed by atoms with Gasteiger partial charge in [0.1, 0.15) is 0 Å². The monoisotopic (exact) mass is 171 g/mol. The van der Waals surface area contributed by atoms with Gasteiger partial charge in [0.25, 0.3) is 0 Å². The minimum absolute atomic E-state index is 0.748. The van der Waals surface area contributed by atoms with E-state index in [2.05, 4.69) is 15.4 Å². The van der Waals surface area contributed by atoms with Gasteiger partial charge in [0.05, 0.1) is 0 Å². The van der Waals surface area contributed by atoms with Crippen LogP contribution in [0.3, 0.4) is 0 Å². The minimum atomic E-state index is 0.748. The fourth-order valence-electron chi connectivity index (χ4n) is 0.750. The molecule has 62 valence electrons. The molecule has 1 heterocycles. The average Bonchev–Trinajstić information content (AvgIpc) is 1.79. The first-order valence-corrected chi connectivity index (χ1v) is 4.17. The lowest BCUT2D eigenvalue weighted by Gasteiger charge is -2.32. The standard InChI is InChI=1S/C7H13N3S/c1-6(2)8-9-7(11)10-4-3-5-10/h3-5H2,1-2H3,(H,9,11). The lowest BCUT2D eigenvalue weighted by Crippen LogP contribution is -2.46. The van der Waals surface area contributed by atoms with E-state index in [-0.39, 0.29) is 0 Å². The van der Waals surface area contributed by atoms with E-state index >= 15 is 0 Å². The molecule has 0 spiro atoms. The first kappa shape index (κ1) is 8.46. The molecule has 0 bridgehead atoms. The highest BCUT2D eigenvalue weighted by Crippen LogP contribution is 2.04. The second-order valence-electron chi connectivity index (χ2n) is 2.82. The van der Waals surface area contributed by atoms with Crippen LogP contribution in [0.5, 0.6) is 0 Å². The third kappa shape index (κ3) is 2.46. The first-order valence-electron chi connectivity index (χ1n) is 3.76. The molecule has 3 nitrogen and oxygen atoms in total. The Labute approximate surface area is 72.5 Å². The van der Waals surface area contributed by atoms with Crippen LogP contribution in [0.1, 0.15) is 20.3 Å². The van der Waals surface area contributed by atoms with Crippen molar-refractivity contribution in [1.82, 2.24) is 10.3 Å². The third-order valence-corrected chi connectivity index (χ3v) is 1.87. The second-order valence-corrected chi connectivity index (χ2v) is 3.20. The van der Waals surface area contributed by atoms with Crippen molar-refractivity contribution in [2.75, 3.05) is 13.1 Å². The number of hydrazone groups is 1. The maximum Gasteiger partial charge on any atom is 0.189 e. The van der Waals surface area contributed by atoms with E-state index in [1.54, 1.807) is 0 Å². The molecule has 0 radical (unpaired) electrons. The van der Waals surface area contributed by atoms with Crippen LogP contribution >= 0.6 is 12.2 Å². The Morgan fingerprint density at radius 2 is 2.09 bits per heavy atom. The predicted molar refractivity (Wildman–Crippen MR) is 50.7 cm³/mol. The summed E-state index contributed by atoms with van der Waals surface area (Å²) in [6, 6.07) is 0. The van der Waals surface area contributed by atoms with Crippen LogP contribution in [-0.2, 0) is 0 Å². The first-order chi connectivity index (χ1) is 5.20. The largest absolute Gasteiger partial charge is 0.348 e. The van der Waals surface area contributed by atoms with E-state index in [0.717, 1.165) is 23.9 Å². The summed E-state index contributed by atoms with van der Waals surface area (Å²) in [5, 5.41) is 4.76. The molecule has 0 atom stereocenters. The molecular formula is C7H13N3S. The number of nitrogens with one attached hydrogen (secondary N) is 1. The quantitative estimate of drug-likeness (QED) is 0.362. The summed E-state index contributed by atoms with van der Waals surface area (Å²) >= 11 is 5.05. The number of nitrogens with zero attached hydrogens (tertiary/aromatic N) is 2. The predicted octanol–water partition coefficient (Wildman–Crippen LogP) is 0.962. The Morgan fingerprint density at radius 3 is 2.45 bits per heavy atom. The molecule has 0 amide bonds. The molecule has 1 aliphatic rings. The van der Waals surface area contributed by atoms with Crippen LogP contribution in [0.4, 0.5) is 0 Å². The molecular weight excluding hydrogens is 158 g/mol. The second kappa shape index (κ2) is 3.67. The van der Waals surface area contributed by atoms with Crippen LogP contribution < -0.4 is 5.43 Å². The Morgan fingerprint density at radius 1 is 1.45 bits per heavy atom. The molecule has 0 unspecified atom stereocenters. The zero-order valence-corrected chi connectivity index (χ0v) is 7.74. The Balaban J connectivity index is 2.25. The lowest BCUT2D eigenvalue weighted by atomic mass is 10.2. The number of hydrogen-bond acceptors (Lipinski definition) is 2. The summed E-state index contributed by atoms with van der Waals surface area (Å²) in [5.74, 6) is 0. The van der Waals surface area contributed by atoms with Gasteiger partial charge in [-0.15, -0.1) is 0 Å². The Hall–Kier alpha value is -0.640. The van der Waals surface area contributed by atoms with E-state index in [1.807, 2.05) is 13.8 Å². The van der Waals surface area contributed by atoms with Crippen LogP contribution in [0.25, 0.3) is 0 Å². The highest BCUT2D eigenvalue weighted by Gasteiger charge is 2.15. The number of thiocarbonyl (C=S) groups is 1. The molecule has 1 rings (SSSR count). The maximum atomic E-state index is 5.05. The van der Waals surface area contributed by atoms with Crippen LogP contribution in [-0.4, -0.2) is 28.8 Å². The van der Waals surface area contributed by atoms with Crippen LogP contribution in [0.15, 0.2) is 5.10 Å². The fraction of sp³-hybridized carbons (Fsp3) is 0.714. The summed E-state index contributed by atoms with van der Waals surface area (Å²) in [4.78, 5) is 2.10. The summed E-state index contributed by atoms with van der Waals surface area (Å²) in [7, 11) is 0. The number of hydrogen-bond donors (Lipinski definition) is 1. The molecule has 1 saturated heterocycles. The van der Waals surface area contributed by atoms with Crippen LogP contribution in [0, 0.1) is 0 Å². The van der Waals surface area contributed by atoms with Crippen molar-refractivity contribution in [3.05, 3.63) is 0 Å². The van der Waals surface area contributed by atoms with Gasteiger partial charge in [-0.1, -0.05) is 0 Å². The van der Waals surface area contributed by atoms with Crippen molar-refractivity contribution in [3.8, 4) is 0 Å². The summed E-state index contributed by atoms with van der Waals surface area (Å²) in [5.41, 5.74) is 3.82. The summed E-state index contributed by atoms with van der Waals surface area (Å²) in [6.07, 6.45) is 1.25. The van der Waals surface area contributed by atoms with E-state index < -0.39 is 0 Å². The van der Waals surface area contributed by atoms with Gasteiger partial charge < -0.3 is 4.90 Å². The molecule has 0 aliphatic carbocycles. The van der Waals surface area contributed by atoms with Gasteiger partial charge in [-0.2, -0.15) is 5.10 Å². The Bertz CT molecular complexity index is 180. The van der Waals surface area contributed by atoms with Gasteiger partial charge in [-0.3, -0.25) is 5.43 Å². The molecule has 0 aromatic rings. The van der Waals surface area contributed by atoms with Crippen LogP contribution in [0.2, 0.25) is 0 Å². The summed E-state index contributed by atoms with van der Waals surface area (Å²) in [6.45, 7) is 6.02. The van der Waals surface area contributed by atoms with E-state index in [4.69, 9.17) is 12.2 Å². The third-order valence-electron chi connectivity index (χ3n) is 1.52. The highest BCUT2D eigenvalue weighted by atomic mass is 32.1. The van der Waals surface area contributed by atoms with Crippen molar-refractivity contribution in [2.45, 2.75) is 20.3 Å². The molecule has 1 aliphatic heterocycles. The number of likely N-dealkylation sites (tertiary alicyclic amines) is 1. The van der Waals surface area contributed by atoms with E-state index in [9.17, 15) is 0 Å². The van der Waals surface area contributed by atoms with Gasteiger partial charge >= 0.3 is 0 Å². The fourth-order valence-corrected chi connectivity index (χ4v) is 0.978. The van der Waals surface area contributed by atoms with E-state index in [1.165, 1.54) is 6.42 Å². The average molecular weight is 171 g/mol. The molecule has 1 N–H and O–H groups in total. The topological polar surface area (TPSA) is 27.6 Å².